The fourth-order valence-corrected chi connectivity index (χ4v) is 1.12. The number of benzene rings is 1. The number of carbonyl (C=O) groups excluding carboxylic acids is 1. The van der Waals surface area contributed by atoms with Crippen molar-refractivity contribution in [1.29, 1.82) is 0 Å². The van der Waals surface area contributed by atoms with Gasteiger partial charge in [0, 0.05) is 5.56 Å². The molecule has 0 unspecified atom stereocenters. The van der Waals surface area contributed by atoms with Crippen LogP contribution < -0.4 is 5.73 Å². The highest BCUT2D eigenvalue weighted by molar-refractivity contribution is 5.92. The fraction of sp³-hybridized carbons (Fsp3) is 0.300. The van der Waals surface area contributed by atoms with Gasteiger partial charge in [-0.05, 0) is 24.1 Å². The molecule has 1 rings (SSSR count). The van der Waals surface area contributed by atoms with Crippen molar-refractivity contribution in [1.82, 2.24) is 0 Å². The van der Waals surface area contributed by atoms with Crippen molar-refractivity contribution in [3.8, 4) is 0 Å². The molecule has 0 fully saturated rings. The number of nitrogens with two attached hydrogens (primary N) is 1. The van der Waals surface area contributed by atoms with Crippen LogP contribution in [-0.2, 0) is 6.42 Å². The van der Waals surface area contributed by atoms with Gasteiger partial charge in [0.1, 0.15) is 0 Å². The summed E-state index contributed by atoms with van der Waals surface area (Å²) in [4.78, 5) is 10.7. The molecule has 2 heteroatoms. The maximum absolute atomic E-state index is 10.7. The minimum Gasteiger partial charge on any atom is -0.366 e. The van der Waals surface area contributed by atoms with Gasteiger partial charge in [-0.2, -0.15) is 0 Å². The van der Waals surface area contributed by atoms with Crippen molar-refractivity contribution in [2.24, 2.45) is 5.73 Å². The number of amides is 1. The Morgan fingerprint density at radius 1 is 1.33 bits per heavy atom. The summed E-state index contributed by atoms with van der Waals surface area (Å²) in [5, 5.41) is 0. The van der Waals surface area contributed by atoms with Crippen LogP contribution in [0.25, 0.3) is 0 Å². The predicted molar refractivity (Wildman–Crippen MR) is 49.0 cm³/mol. The van der Waals surface area contributed by atoms with Gasteiger partial charge < -0.3 is 5.73 Å². The molecule has 0 spiro atoms. The summed E-state index contributed by atoms with van der Waals surface area (Å²) in [6.07, 6.45) is 2.18. The molecule has 2 nitrogen and oxygen atoms in total. The van der Waals surface area contributed by atoms with E-state index in [1.54, 1.807) is 12.1 Å². The molecular formula is C10H13NO. The van der Waals surface area contributed by atoms with Crippen molar-refractivity contribution in [3.05, 3.63) is 35.4 Å². The van der Waals surface area contributed by atoms with Crippen LogP contribution in [0.3, 0.4) is 0 Å². The Bertz CT molecular complexity index is 264. The second-order valence-corrected chi connectivity index (χ2v) is 2.81. The molecule has 1 aromatic carbocycles. The maximum atomic E-state index is 10.7. The lowest BCUT2D eigenvalue weighted by atomic mass is 10.1. The minimum absolute atomic E-state index is 0.363. The summed E-state index contributed by atoms with van der Waals surface area (Å²) in [5.41, 5.74) is 6.93. The molecule has 0 saturated heterocycles. The molecule has 0 aliphatic heterocycles. The van der Waals surface area contributed by atoms with Crippen molar-refractivity contribution >= 4 is 5.91 Å². The molecule has 0 aromatic heterocycles. The fourth-order valence-electron chi connectivity index (χ4n) is 1.12. The summed E-state index contributed by atoms with van der Waals surface area (Å²) in [5.74, 6) is -0.363. The van der Waals surface area contributed by atoms with Gasteiger partial charge in [0.2, 0.25) is 5.91 Å². The summed E-state index contributed by atoms with van der Waals surface area (Å²) in [7, 11) is 0. The molecule has 0 radical (unpaired) electrons. The van der Waals surface area contributed by atoms with E-state index < -0.39 is 0 Å². The number of hydrogen-bond donors (Lipinski definition) is 1. The summed E-state index contributed by atoms with van der Waals surface area (Å²) < 4.78 is 0. The number of aryl methyl sites for hydroxylation is 1. The second-order valence-electron chi connectivity index (χ2n) is 2.81. The first-order valence-corrected chi connectivity index (χ1v) is 4.12. The van der Waals surface area contributed by atoms with Gasteiger partial charge in [0.05, 0.1) is 0 Å². The van der Waals surface area contributed by atoms with Gasteiger partial charge in [0.15, 0.2) is 0 Å². The van der Waals surface area contributed by atoms with Crippen molar-refractivity contribution < 1.29 is 4.79 Å². The van der Waals surface area contributed by atoms with Gasteiger partial charge in [-0.1, -0.05) is 25.5 Å². The summed E-state index contributed by atoms with van der Waals surface area (Å²) in [6.45, 7) is 2.13. The molecule has 0 atom stereocenters. The molecular weight excluding hydrogens is 150 g/mol. The SMILES string of the molecule is CCCc1ccc(C(N)=O)cc1. The first kappa shape index (κ1) is 8.78. The lowest BCUT2D eigenvalue weighted by molar-refractivity contribution is 0.100. The van der Waals surface area contributed by atoms with Crippen LogP contribution in [0.5, 0.6) is 0 Å². The Hall–Kier alpha value is -1.31. The first-order chi connectivity index (χ1) is 5.74. The van der Waals surface area contributed by atoms with Crippen molar-refractivity contribution in [2.45, 2.75) is 19.8 Å². The number of rotatable bonds is 3. The van der Waals surface area contributed by atoms with Crippen LogP contribution in [0.4, 0.5) is 0 Å². The average molecular weight is 163 g/mol. The predicted octanol–water partition coefficient (Wildman–Crippen LogP) is 1.74. The third-order valence-corrected chi connectivity index (χ3v) is 1.78. The third-order valence-electron chi connectivity index (χ3n) is 1.78. The van der Waals surface area contributed by atoms with Crippen LogP contribution >= 0.6 is 0 Å². The Labute approximate surface area is 72.4 Å². The van der Waals surface area contributed by atoms with E-state index in [9.17, 15) is 4.79 Å². The molecule has 0 aliphatic carbocycles. The highest BCUT2D eigenvalue weighted by atomic mass is 16.1. The summed E-state index contributed by atoms with van der Waals surface area (Å²) in [6, 6.07) is 7.44. The zero-order valence-corrected chi connectivity index (χ0v) is 7.21. The van der Waals surface area contributed by atoms with Crippen LogP contribution in [0.2, 0.25) is 0 Å². The quantitative estimate of drug-likeness (QED) is 0.724. The molecule has 64 valence electrons. The van der Waals surface area contributed by atoms with E-state index >= 15 is 0 Å². The Morgan fingerprint density at radius 2 is 1.92 bits per heavy atom. The zero-order chi connectivity index (χ0) is 8.97. The molecule has 0 saturated carbocycles. The van der Waals surface area contributed by atoms with Crippen LogP contribution in [-0.4, -0.2) is 5.91 Å². The standard InChI is InChI=1S/C10H13NO/c1-2-3-8-4-6-9(7-5-8)10(11)12/h4-7H,2-3H2,1H3,(H2,11,12). The normalized spacial score (nSPS) is 9.75. The number of hydrogen-bond acceptors (Lipinski definition) is 1. The number of primary amides is 1. The van der Waals surface area contributed by atoms with Gasteiger partial charge in [0.25, 0.3) is 0 Å². The molecule has 2 N–H and O–H groups in total. The summed E-state index contributed by atoms with van der Waals surface area (Å²) >= 11 is 0. The van der Waals surface area contributed by atoms with E-state index in [0.717, 1.165) is 12.8 Å². The Balaban J connectivity index is 2.78. The topological polar surface area (TPSA) is 43.1 Å². The highest BCUT2D eigenvalue weighted by Crippen LogP contribution is 2.05. The van der Waals surface area contributed by atoms with Gasteiger partial charge in [-0.3, -0.25) is 4.79 Å². The molecule has 12 heavy (non-hydrogen) atoms. The van der Waals surface area contributed by atoms with E-state index in [1.165, 1.54) is 5.56 Å². The molecule has 0 bridgehead atoms. The lowest BCUT2D eigenvalue weighted by Gasteiger charge is -1.98. The van der Waals surface area contributed by atoms with Crippen LogP contribution in [0, 0.1) is 0 Å². The average Bonchev–Trinajstić information content (AvgIpc) is 2.06. The molecule has 0 heterocycles. The van der Waals surface area contributed by atoms with E-state index in [1.807, 2.05) is 12.1 Å². The van der Waals surface area contributed by atoms with E-state index in [2.05, 4.69) is 6.92 Å². The second kappa shape index (κ2) is 3.90. The Morgan fingerprint density at radius 3 is 2.33 bits per heavy atom. The van der Waals surface area contributed by atoms with Crippen molar-refractivity contribution in [2.75, 3.05) is 0 Å². The van der Waals surface area contributed by atoms with Crippen LogP contribution in [0.15, 0.2) is 24.3 Å². The minimum atomic E-state index is -0.363. The Kier molecular flexibility index (Phi) is 2.86. The van der Waals surface area contributed by atoms with Crippen molar-refractivity contribution in [3.63, 3.8) is 0 Å². The van der Waals surface area contributed by atoms with E-state index in [0.29, 0.717) is 5.56 Å². The molecule has 1 aromatic rings. The van der Waals surface area contributed by atoms with Crippen LogP contribution in [0.1, 0.15) is 29.3 Å². The lowest BCUT2D eigenvalue weighted by Crippen LogP contribution is -2.10. The maximum Gasteiger partial charge on any atom is 0.248 e. The van der Waals surface area contributed by atoms with Gasteiger partial charge in [-0.25, -0.2) is 0 Å². The first-order valence-electron chi connectivity index (χ1n) is 4.12. The van der Waals surface area contributed by atoms with Gasteiger partial charge >= 0.3 is 0 Å². The largest absolute Gasteiger partial charge is 0.366 e. The van der Waals surface area contributed by atoms with E-state index in [4.69, 9.17) is 5.73 Å². The monoisotopic (exact) mass is 163 g/mol. The number of carbonyl (C=O) groups is 1. The highest BCUT2D eigenvalue weighted by Gasteiger charge is 1.98. The molecule has 0 aliphatic rings. The smallest absolute Gasteiger partial charge is 0.248 e. The zero-order valence-electron chi connectivity index (χ0n) is 7.21. The molecule has 1 amide bonds. The van der Waals surface area contributed by atoms with Gasteiger partial charge in [-0.15, -0.1) is 0 Å². The van der Waals surface area contributed by atoms with E-state index in [-0.39, 0.29) is 5.91 Å². The third kappa shape index (κ3) is 2.09.